The molecule has 0 N–H and O–H groups in total. The van der Waals surface area contributed by atoms with Gasteiger partial charge in [-0.3, -0.25) is 15.0 Å². The van der Waals surface area contributed by atoms with Crippen LogP contribution in [0.25, 0.3) is 44.2 Å². The Morgan fingerprint density at radius 1 is 0.609 bits per heavy atom. The molecule has 0 spiro atoms. The maximum absolute atomic E-state index is 5.93. The third kappa shape index (κ3) is 1.75. The molecule has 4 heteroatoms. The first kappa shape index (κ1) is 12.3. The second-order valence-electron chi connectivity index (χ2n) is 5.36. The Kier molecular flexibility index (Phi) is 2.46. The van der Waals surface area contributed by atoms with E-state index in [0.717, 1.165) is 44.2 Å². The van der Waals surface area contributed by atoms with Crippen molar-refractivity contribution in [3.63, 3.8) is 0 Å². The van der Waals surface area contributed by atoms with Gasteiger partial charge in [-0.15, -0.1) is 0 Å². The van der Waals surface area contributed by atoms with Gasteiger partial charge >= 0.3 is 0 Å². The SMILES string of the molecule is c1cc(-c2cccc3oc4cccnc4c23)c2nccnc2c1. The van der Waals surface area contributed by atoms with Gasteiger partial charge in [-0.1, -0.05) is 24.3 Å². The molecule has 0 amide bonds. The van der Waals surface area contributed by atoms with E-state index in [-0.39, 0.29) is 0 Å². The molecule has 0 unspecified atom stereocenters. The average molecular weight is 297 g/mol. The van der Waals surface area contributed by atoms with Crippen molar-refractivity contribution in [3.8, 4) is 11.1 Å². The van der Waals surface area contributed by atoms with E-state index in [1.54, 1.807) is 18.6 Å². The molecule has 0 aliphatic rings. The first-order chi connectivity index (χ1) is 11.4. The van der Waals surface area contributed by atoms with Gasteiger partial charge in [-0.25, -0.2) is 0 Å². The summed E-state index contributed by atoms with van der Waals surface area (Å²) in [6, 6.07) is 15.9. The highest BCUT2D eigenvalue weighted by Crippen LogP contribution is 2.37. The van der Waals surface area contributed by atoms with Crippen LogP contribution in [0.1, 0.15) is 0 Å². The number of aromatic nitrogens is 3. The molecule has 0 aliphatic heterocycles. The lowest BCUT2D eigenvalue weighted by molar-refractivity contribution is 0.668. The van der Waals surface area contributed by atoms with Crippen molar-refractivity contribution in [2.24, 2.45) is 0 Å². The lowest BCUT2D eigenvalue weighted by atomic mass is 9.99. The summed E-state index contributed by atoms with van der Waals surface area (Å²) in [6.45, 7) is 0. The molecule has 0 aliphatic carbocycles. The number of furan rings is 1. The van der Waals surface area contributed by atoms with Gasteiger partial charge in [-0.05, 0) is 29.8 Å². The Morgan fingerprint density at radius 3 is 2.39 bits per heavy atom. The number of hydrogen-bond donors (Lipinski definition) is 0. The van der Waals surface area contributed by atoms with E-state index in [9.17, 15) is 0 Å². The van der Waals surface area contributed by atoms with Crippen LogP contribution in [0.4, 0.5) is 0 Å². The summed E-state index contributed by atoms with van der Waals surface area (Å²) in [5, 5.41) is 1.02. The molecule has 5 rings (SSSR count). The molecular weight excluding hydrogens is 286 g/mol. The zero-order chi connectivity index (χ0) is 15.2. The molecule has 108 valence electrons. The van der Waals surface area contributed by atoms with Gasteiger partial charge < -0.3 is 4.42 Å². The van der Waals surface area contributed by atoms with Crippen LogP contribution in [0.2, 0.25) is 0 Å². The Bertz CT molecular complexity index is 1170. The van der Waals surface area contributed by atoms with Crippen LogP contribution >= 0.6 is 0 Å². The second-order valence-corrected chi connectivity index (χ2v) is 5.36. The molecule has 0 fully saturated rings. The molecule has 0 radical (unpaired) electrons. The minimum atomic E-state index is 0.793. The molecule has 5 aromatic rings. The average Bonchev–Trinajstić information content (AvgIpc) is 3.00. The fraction of sp³-hybridized carbons (Fsp3) is 0. The van der Waals surface area contributed by atoms with Crippen LogP contribution in [-0.4, -0.2) is 15.0 Å². The predicted octanol–water partition coefficient (Wildman–Crippen LogP) is 4.59. The molecule has 0 saturated carbocycles. The molecular formula is C19H11N3O. The van der Waals surface area contributed by atoms with E-state index in [1.807, 2.05) is 36.4 Å². The molecule has 2 aromatic carbocycles. The van der Waals surface area contributed by atoms with Crippen molar-refractivity contribution in [3.05, 3.63) is 67.1 Å². The van der Waals surface area contributed by atoms with Crippen LogP contribution in [0, 0.1) is 0 Å². The van der Waals surface area contributed by atoms with Gasteiger partial charge in [0.05, 0.1) is 16.4 Å². The topological polar surface area (TPSA) is 51.8 Å². The summed E-state index contributed by atoms with van der Waals surface area (Å²) in [7, 11) is 0. The van der Waals surface area contributed by atoms with Crippen LogP contribution in [0.15, 0.2) is 71.5 Å². The number of pyridine rings is 1. The lowest BCUT2D eigenvalue weighted by Crippen LogP contribution is -1.87. The zero-order valence-electron chi connectivity index (χ0n) is 12.1. The van der Waals surface area contributed by atoms with Gasteiger partial charge in [0.1, 0.15) is 11.1 Å². The molecule has 0 atom stereocenters. The second kappa shape index (κ2) is 4.61. The van der Waals surface area contributed by atoms with E-state index in [1.165, 1.54) is 0 Å². The van der Waals surface area contributed by atoms with E-state index in [4.69, 9.17) is 4.42 Å². The molecule has 4 nitrogen and oxygen atoms in total. The number of hydrogen-bond acceptors (Lipinski definition) is 4. The van der Waals surface area contributed by atoms with Crippen LogP contribution in [-0.2, 0) is 0 Å². The smallest absolute Gasteiger partial charge is 0.153 e. The highest BCUT2D eigenvalue weighted by atomic mass is 16.3. The summed E-state index contributed by atoms with van der Waals surface area (Å²) in [5.74, 6) is 0. The maximum Gasteiger partial charge on any atom is 0.153 e. The van der Waals surface area contributed by atoms with Gasteiger partial charge in [-0.2, -0.15) is 0 Å². The van der Waals surface area contributed by atoms with Crippen LogP contribution in [0.5, 0.6) is 0 Å². The molecule has 23 heavy (non-hydrogen) atoms. The molecule has 3 heterocycles. The van der Waals surface area contributed by atoms with Crippen LogP contribution < -0.4 is 0 Å². The minimum Gasteiger partial charge on any atom is -0.454 e. The summed E-state index contributed by atoms with van der Waals surface area (Å²) in [5.41, 5.74) is 6.36. The van der Waals surface area contributed by atoms with Crippen molar-refractivity contribution < 1.29 is 4.42 Å². The van der Waals surface area contributed by atoms with Crippen molar-refractivity contribution in [1.29, 1.82) is 0 Å². The Labute approximate surface area is 131 Å². The highest BCUT2D eigenvalue weighted by molar-refractivity contribution is 6.12. The summed E-state index contributed by atoms with van der Waals surface area (Å²) in [6.07, 6.45) is 5.22. The summed E-state index contributed by atoms with van der Waals surface area (Å²) < 4.78 is 5.93. The first-order valence-corrected chi connectivity index (χ1v) is 7.38. The monoisotopic (exact) mass is 297 g/mol. The molecule has 0 saturated heterocycles. The highest BCUT2D eigenvalue weighted by Gasteiger charge is 2.15. The van der Waals surface area contributed by atoms with Crippen molar-refractivity contribution >= 4 is 33.1 Å². The minimum absolute atomic E-state index is 0.793. The van der Waals surface area contributed by atoms with E-state index >= 15 is 0 Å². The fourth-order valence-corrected chi connectivity index (χ4v) is 3.07. The van der Waals surface area contributed by atoms with Gasteiger partial charge in [0, 0.05) is 24.2 Å². The predicted molar refractivity (Wildman–Crippen MR) is 90.0 cm³/mol. The molecule has 0 bridgehead atoms. The van der Waals surface area contributed by atoms with Gasteiger partial charge in [0.25, 0.3) is 0 Å². The Morgan fingerprint density at radius 2 is 1.39 bits per heavy atom. The largest absolute Gasteiger partial charge is 0.454 e. The quantitative estimate of drug-likeness (QED) is 0.454. The van der Waals surface area contributed by atoms with E-state index < -0.39 is 0 Å². The van der Waals surface area contributed by atoms with Gasteiger partial charge in [0.15, 0.2) is 5.58 Å². The zero-order valence-corrected chi connectivity index (χ0v) is 12.1. The number of fused-ring (bicyclic) bond motifs is 4. The first-order valence-electron chi connectivity index (χ1n) is 7.38. The maximum atomic E-state index is 5.93. The normalized spacial score (nSPS) is 11.5. The van der Waals surface area contributed by atoms with Crippen molar-refractivity contribution in [1.82, 2.24) is 15.0 Å². The third-order valence-electron chi connectivity index (χ3n) is 4.04. The van der Waals surface area contributed by atoms with E-state index in [0.29, 0.717) is 0 Å². The van der Waals surface area contributed by atoms with Crippen molar-refractivity contribution in [2.45, 2.75) is 0 Å². The lowest BCUT2D eigenvalue weighted by Gasteiger charge is -2.06. The third-order valence-corrected chi connectivity index (χ3v) is 4.04. The van der Waals surface area contributed by atoms with E-state index in [2.05, 4.69) is 27.1 Å². The summed E-state index contributed by atoms with van der Waals surface area (Å²) in [4.78, 5) is 13.4. The number of benzene rings is 2. The number of para-hydroxylation sites is 1. The fourth-order valence-electron chi connectivity index (χ4n) is 3.07. The number of nitrogens with zero attached hydrogens (tertiary/aromatic N) is 3. The Hall–Kier alpha value is -3.27. The van der Waals surface area contributed by atoms with Gasteiger partial charge in [0.2, 0.25) is 0 Å². The van der Waals surface area contributed by atoms with Crippen molar-refractivity contribution in [2.75, 3.05) is 0 Å². The number of rotatable bonds is 1. The standard InChI is InChI=1S/C19H11N3O/c1-5-13(18-14(6-1)20-10-11-22-18)12-4-2-7-15-17(12)19-16(23-15)8-3-9-21-19/h1-11H. The Balaban J connectivity index is 1.96. The molecule has 3 aromatic heterocycles. The van der Waals surface area contributed by atoms with Crippen LogP contribution in [0.3, 0.4) is 0 Å². The summed E-state index contributed by atoms with van der Waals surface area (Å²) >= 11 is 0.